The zero-order valence-corrected chi connectivity index (χ0v) is 75.2. The van der Waals surface area contributed by atoms with E-state index in [1.165, 1.54) is 111 Å². The Hall–Kier alpha value is -17.2. The van der Waals surface area contributed by atoms with Crippen LogP contribution in [0.1, 0.15) is 94.5 Å². The van der Waals surface area contributed by atoms with Gasteiger partial charge < -0.3 is 19.6 Å². The van der Waals surface area contributed by atoms with E-state index in [-0.39, 0.29) is 10.8 Å². The smallest absolute Gasteiger partial charge is 0.0510 e. The highest BCUT2D eigenvalue weighted by Gasteiger charge is 2.38. The summed E-state index contributed by atoms with van der Waals surface area (Å²) in [4.78, 5) is 17.9. The molecule has 4 aliphatic rings. The van der Waals surface area contributed by atoms with Crippen molar-refractivity contribution in [2.45, 2.75) is 71.0 Å². The van der Waals surface area contributed by atoms with E-state index in [4.69, 9.17) is 16.6 Å². The predicted molar refractivity (Wildman–Crippen MR) is 556 cm³/mol. The SMILES string of the molecule is C=Cc1ccc(N(c2ccccc2)c2ccccc2)cc1.CC1(C)c2ccccc2-c2ccc(N(c3ccc(CN=[N+]=[N-])cc3)c3ccc4c(c3)C(C)(C)c3ccccc3-4)cc21.[N-]=[N+]=NCc1ccc(N(c2ccc(-c3ccccc3)cc2)c2ccc(-c3ccccc3)cc2)cc1.[N-]=[N+]=NCc1ccc(N(c2ccc3c(c2)Cc2ccccc2-3)c2ccc3c(c2)Cc2ccccc2-3)cc1. The van der Waals surface area contributed by atoms with E-state index in [0.717, 1.165) is 103 Å². The van der Waals surface area contributed by atoms with Crippen molar-refractivity contribution in [2.75, 3.05) is 19.6 Å². The lowest BCUT2D eigenvalue weighted by Crippen LogP contribution is -2.18. The summed E-state index contributed by atoms with van der Waals surface area (Å²) >= 11 is 0. The number of fused-ring (bicyclic) bond motifs is 12. The molecule has 0 saturated heterocycles. The Bertz CT molecular complexity index is 7130. The van der Waals surface area contributed by atoms with Gasteiger partial charge in [0.05, 0.1) is 19.6 Å². The first kappa shape index (κ1) is 86.2. The molecule has 646 valence electrons. The van der Waals surface area contributed by atoms with Crippen LogP contribution in [-0.4, -0.2) is 0 Å². The van der Waals surface area contributed by atoms with E-state index in [9.17, 15) is 0 Å². The van der Waals surface area contributed by atoms with Crippen LogP contribution in [0.25, 0.3) is 104 Å². The summed E-state index contributed by atoms with van der Waals surface area (Å²) in [6, 6.07) is 154. The molecule has 22 rings (SSSR count). The first-order valence-corrected chi connectivity index (χ1v) is 45.3. The van der Waals surface area contributed by atoms with Crippen LogP contribution in [0.2, 0.25) is 0 Å². The molecule has 0 atom stereocenters. The first-order chi connectivity index (χ1) is 65.8. The van der Waals surface area contributed by atoms with E-state index >= 15 is 0 Å². The van der Waals surface area contributed by atoms with Gasteiger partial charge in [0.15, 0.2) is 0 Å². The van der Waals surface area contributed by atoms with Crippen molar-refractivity contribution in [1.29, 1.82) is 0 Å². The Morgan fingerprint density at radius 2 is 0.478 bits per heavy atom. The van der Waals surface area contributed by atoms with Gasteiger partial charge in [0.1, 0.15) is 0 Å². The zero-order chi connectivity index (χ0) is 91.5. The molecule has 18 aromatic carbocycles. The molecule has 0 heterocycles. The Kier molecular flexibility index (Phi) is 24.9. The van der Waals surface area contributed by atoms with Crippen molar-refractivity contribution in [3.8, 4) is 66.8 Å². The molecule has 0 fully saturated rings. The Labute approximate surface area is 783 Å². The lowest BCUT2D eigenvalue weighted by Gasteiger charge is -2.30. The molecule has 13 nitrogen and oxygen atoms in total. The summed E-state index contributed by atoms with van der Waals surface area (Å²) in [5.41, 5.74) is 69.6. The van der Waals surface area contributed by atoms with E-state index in [0.29, 0.717) is 19.6 Å². The van der Waals surface area contributed by atoms with E-state index in [2.05, 4.69) is 472 Å². The average Bonchev–Trinajstić information content (AvgIpc) is 1.57. The summed E-state index contributed by atoms with van der Waals surface area (Å²) in [7, 11) is 0. The van der Waals surface area contributed by atoms with E-state index in [1.54, 1.807) is 0 Å². The highest BCUT2D eigenvalue weighted by molar-refractivity contribution is 5.91. The quantitative estimate of drug-likeness (QED) is 0.0398. The predicted octanol–water partition coefficient (Wildman–Crippen LogP) is 34.8. The molecule has 0 bridgehead atoms. The number of benzene rings is 18. The Balaban J connectivity index is 0.000000118. The van der Waals surface area contributed by atoms with Crippen LogP contribution >= 0.6 is 0 Å². The monoisotopic (exact) mass is 1730 g/mol. The van der Waals surface area contributed by atoms with Gasteiger partial charge in [-0.25, -0.2) is 0 Å². The van der Waals surface area contributed by atoms with Crippen LogP contribution in [0.3, 0.4) is 0 Å². The van der Waals surface area contributed by atoms with Crippen LogP contribution in [0.5, 0.6) is 0 Å². The molecule has 0 aromatic heterocycles. The van der Waals surface area contributed by atoms with Gasteiger partial charge in [0, 0.05) is 93.8 Å². The van der Waals surface area contributed by atoms with Crippen molar-refractivity contribution >= 4 is 74.3 Å². The summed E-state index contributed by atoms with van der Waals surface area (Å²) < 4.78 is 0. The fourth-order valence-electron chi connectivity index (χ4n) is 19.4. The number of azide groups is 3. The third-order valence-corrected chi connectivity index (χ3v) is 26.1. The molecule has 0 N–H and O–H groups in total. The molecular formula is C121H97N13. The third-order valence-electron chi connectivity index (χ3n) is 26.1. The minimum absolute atomic E-state index is 0.0890. The lowest BCUT2D eigenvalue weighted by molar-refractivity contribution is 0.660. The minimum atomic E-state index is -0.0890. The van der Waals surface area contributed by atoms with Crippen LogP contribution in [0.15, 0.2) is 459 Å². The number of hydrogen-bond acceptors (Lipinski definition) is 7. The molecule has 0 radical (unpaired) electrons. The average molecular weight is 1730 g/mol. The van der Waals surface area contributed by atoms with Crippen molar-refractivity contribution in [3.63, 3.8) is 0 Å². The van der Waals surface area contributed by atoms with Crippen LogP contribution in [0, 0.1) is 0 Å². The second-order valence-corrected chi connectivity index (χ2v) is 35.0. The van der Waals surface area contributed by atoms with Crippen molar-refractivity contribution in [2.24, 2.45) is 15.3 Å². The van der Waals surface area contributed by atoms with Crippen molar-refractivity contribution in [1.82, 2.24) is 0 Å². The highest BCUT2D eigenvalue weighted by atomic mass is 15.2. The summed E-state index contributed by atoms with van der Waals surface area (Å²) in [6.45, 7) is 14.1. The first-order valence-electron chi connectivity index (χ1n) is 45.3. The fraction of sp³-hybridized carbons (Fsp3) is 0.0909. The number of rotatable bonds is 21. The van der Waals surface area contributed by atoms with Gasteiger partial charge in [-0.1, -0.05) is 347 Å². The number of anilines is 12. The van der Waals surface area contributed by atoms with Gasteiger partial charge in [0.25, 0.3) is 0 Å². The molecule has 0 amide bonds. The number of hydrogen-bond donors (Lipinski definition) is 0. The fourth-order valence-corrected chi connectivity index (χ4v) is 19.4. The molecule has 134 heavy (non-hydrogen) atoms. The normalized spacial score (nSPS) is 12.2. The van der Waals surface area contributed by atoms with Crippen LogP contribution in [0.4, 0.5) is 68.2 Å². The molecule has 18 aromatic rings. The Morgan fingerprint density at radius 3 is 0.813 bits per heavy atom. The highest BCUT2D eigenvalue weighted by Crippen LogP contribution is 2.55. The van der Waals surface area contributed by atoms with E-state index < -0.39 is 0 Å². The number of para-hydroxylation sites is 2. The lowest BCUT2D eigenvalue weighted by atomic mass is 9.82. The number of nitrogens with zero attached hydrogens (tertiary/aromatic N) is 13. The Morgan fingerprint density at radius 1 is 0.239 bits per heavy atom. The molecule has 0 spiro atoms. The van der Waals surface area contributed by atoms with Crippen LogP contribution in [-0.2, 0) is 43.3 Å². The molecule has 4 aliphatic carbocycles. The van der Waals surface area contributed by atoms with Gasteiger partial charge in [-0.2, -0.15) is 0 Å². The molecule has 0 unspecified atom stereocenters. The van der Waals surface area contributed by atoms with Crippen LogP contribution < -0.4 is 19.6 Å². The maximum atomic E-state index is 8.79. The molecular weight excluding hydrogens is 1640 g/mol. The largest absolute Gasteiger partial charge is 0.311 e. The summed E-state index contributed by atoms with van der Waals surface area (Å²) in [6.07, 6.45) is 3.77. The topological polar surface area (TPSA) is 159 Å². The van der Waals surface area contributed by atoms with Crippen molar-refractivity contribution in [3.05, 3.63) is 541 Å². The zero-order valence-electron chi connectivity index (χ0n) is 75.2. The molecule has 13 heteroatoms. The molecule has 0 saturated carbocycles. The standard InChI is InChI=1S/C37H32N4.C33H24N4.C31H24N4.C20H17N/c1-36(2)32-11-7-5-9-28(32)30-19-17-26(21-34(30)36)41(25-15-13-24(14-16-25)23-39-40-38)27-18-20-31-29-10-6-8-12-33(29)37(3,4)35(31)22-27;34-36-35-21-22-9-11-27(12-10-22)37(28-13-15-32-25(19-28)17-23-5-1-3-7-30(23)32)29-14-16-33-26(20-29)18-24-6-2-4-8-31(24)33;32-34-33-23-24-11-17-29(18-12-24)35(30-19-13-27(14-20-30)25-7-3-1-4-8-25)31-21-15-28(16-22-31)26-9-5-2-6-10-26;1-2-17-13-15-20(16-14-17)21(18-9-5-3-6-10-18)19-11-7-4-8-12-19/h5-22H,23H2,1-4H3;1-16,19-20H,17-18,21H2;1-22H,23H2;2-16H,1H2. The van der Waals surface area contributed by atoms with Crippen molar-refractivity contribution < 1.29 is 0 Å². The van der Waals surface area contributed by atoms with Gasteiger partial charge in [-0.15, -0.1) is 0 Å². The minimum Gasteiger partial charge on any atom is -0.311 e. The summed E-state index contributed by atoms with van der Waals surface area (Å²) in [5.74, 6) is 0. The van der Waals surface area contributed by atoms with Gasteiger partial charge in [-0.3, -0.25) is 0 Å². The third kappa shape index (κ3) is 17.8. The maximum Gasteiger partial charge on any atom is 0.0510 e. The second-order valence-electron chi connectivity index (χ2n) is 35.0. The second kappa shape index (κ2) is 38.6. The summed E-state index contributed by atoms with van der Waals surface area (Å²) in [5, 5.41) is 11.1. The van der Waals surface area contributed by atoms with E-state index in [1.807, 2.05) is 54.6 Å². The molecule has 0 aliphatic heterocycles. The van der Waals surface area contributed by atoms with Gasteiger partial charge >= 0.3 is 0 Å². The van der Waals surface area contributed by atoms with Gasteiger partial charge in [0.2, 0.25) is 0 Å². The maximum absolute atomic E-state index is 8.79. The van der Waals surface area contributed by atoms with Gasteiger partial charge in [-0.05, 0) is 309 Å².